The van der Waals surface area contributed by atoms with E-state index in [-0.39, 0.29) is 24.0 Å². The van der Waals surface area contributed by atoms with Gasteiger partial charge < -0.3 is 10.1 Å². The molecule has 0 spiro atoms. The summed E-state index contributed by atoms with van der Waals surface area (Å²) in [5.74, 6) is 0.647. The second-order valence-corrected chi connectivity index (χ2v) is 9.22. The summed E-state index contributed by atoms with van der Waals surface area (Å²) in [5, 5.41) is 3.09. The number of rotatable bonds is 8. The summed E-state index contributed by atoms with van der Waals surface area (Å²) in [7, 11) is 0. The van der Waals surface area contributed by atoms with Gasteiger partial charge in [-0.1, -0.05) is 64.1 Å². The molecule has 1 aliphatic heterocycles. The number of hydrogen-bond donors (Lipinski definition) is 1. The number of amides is 1. The molecule has 2 aromatic carbocycles. The maximum absolute atomic E-state index is 12.4. The molecule has 0 radical (unpaired) electrons. The first-order valence-corrected chi connectivity index (χ1v) is 11.2. The van der Waals surface area contributed by atoms with Crippen molar-refractivity contribution in [1.29, 1.82) is 0 Å². The monoisotopic (exact) mass is 408 g/mol. The molecule has 162 valence electrons. The summed E-state index contributed by atoms with van der Waals surface area (Å²) in [4.78, 5) is 14.9. The number of aryl methyl sites for hydroxylation is 1. The fourth-order valence-corrected chi connectivity index (χ4v) is 3.95. The lowest BCUT2D eigenvalue weighted by atomic mass is 9.87. The van der Waals surface area contributed by atoms with Gasteiger partial charge in [0.2, 0.25) is 0 Å². The van der Waals surface area contributed by atoms with Gasteiger partial charge >= 0.3 is 0 Å². The van der Waals surface area contributed by atoms with Crippen LogP contribution in [0.1, 0.15) is 63.3 Å². The first-order chi connectivity index (χ1) is 14.4. The van der Waals surface area contributed by atoms with E-state index < -0.39 is 0 Å². The van der Waals surface area contributed by atoms with Gasteiger partial charge in [0.05, 0.1) is 6.04 Å². The Morgan fingerprint density at radius 3 is 2.23 bits per heavy atom. The largest absolute Gasteiger partial charge is 0.484 e. The van der Waals surface area contributed by atoms with Gasteiger partial charge in [-0.15, -0.1) is 0 Å². The minimum absolute atomic E-state index is 0.0381. The van der Waals surface area contributed by atoms with E-state index in [2.05, 4.69) is 74.3 Å². The highest BCUT2D eigenvalue weighted by molar-refractivity contribution is 5.77. The summed E-state index contributed by atoms with van der Waals surface area (Å²) in [6.07, 6.45) is 3.50. The zero-order valence-electron chi connectivity index (χ0n) is 18.9. The molecule has 1 aliphatic rings. The first kappa shape index (κ1) is 22.4. The number of nitrogens with zero attached hydrogens (tertiary/aromatic N) is 1. The van der Waals surface area contributed by atoms with Crippen LogP contribution in [0.25, 0.3) is 0 Å². The van der Waals surface area contributed by atoms with Gasteiger partial charge in [0.25, 0.3) is 5.91 Å². The molecule has 2 aromatic rings. The second-order valence-electron chi connectivity index (χ2n) is 9.22. The molecule has 1 amide bonds. The van der Waals surface area contributed by atoms with E-state index in [4.69, 9.17) is 4.74 Å². The smallest absolute Gasteiger partial charge is 0.258 e. The zero-order valence-corrected chi connectivity index (χ0v) is 18.9. The highest BCUT2D eigenvalue weighted by Crippen LogP contribution is 2.26. The Bertz CT molecular complexity index is 800. The van der Waals surface area contributed by atoms with E-state index in [1.807, 2.05) is 12.1 Å². The summed E-state index contributed by atoms with van der Waals surface area (Å²) in [6, 6.07) is 17.0. The van der Waals surface area contributed by atoms with E-state index in [9.17, 15) is 4.79 Å². The summed E-state index contributed by atoms with van der Waals surface area (Å²) >= 11 is 0. The van der Waals surface area contributed by atoms with E-state index in [0.717, 1.165) is 25.3 Å². The topological polar surface area (TPSA) is 41.6 Å². The van der Waals surface area contributed by atoms with Crippen LogP contribution < -0.4 is 10.1 Å². The van der Waals surface area contributed by atoms with Crippen molar-refractivity contribution in [2.24, 2.45) is 0 Å². The SMILES string of the molecule is CCc1ccc(C(CNC(=O)COc2ccc(C(C)(C)C)cc2)N2CCCC2)cc1. The average Bonchev–Trinajstić information content (AvgIpc) is 3.27. The number of carbonyl (C=O) groups is 1. The van der Waals surface area contributed by atoms with Gasteiger partial charge in [0.15, 0.2) is 6.61 Å². The minimum atomic E-state index is -0.0794. The van der Waals surface area contributed by atoms with Crippen LogP contribution in [-0.2, 0) is 16.6 Å². The van der Waals surface area contributed by atoms with Crippen molar-refractivity contribution >= 4 is 5.91 Å². The summed E-state index contributed by atoms with van der Waals surface area (Å²) < 4.78 is 5.70. The highest BCUT2D eigenvalue weighted by atomic mass is 16.5. The van der Waals surface area contributed by atoms with Crippen LogP contribution in [0.5, 0.6) is 5.75 Å². The lowest BCUT2D eigenvalue weighted by molar-refractivity contribution is -0.123. The zero-order chi connectivity index (χ0) is 21.6. The number of hydrogen-bond acceptors (Lipinski definition) is 3. The first-order valence-electron chi connectivity index (χ1n) is 11.2. The Balaban J connectivity index is 1.54. The number of benzene rings is 2. The van der Waals surface area contributed by atoms with Crippen molar-refractivity contribution in [2.75, 3.05) is 26.2 Å². The number of likely N-dealkylation sites (tertiary alicyclic amines) is 1. The lowest BCUT2D eigenvalue weighted by Crippen LogP contribution is -2.38. The summed E-state index contributed by atoms with van der Waals surface area (Å²) in [6.45, 7) is 11.5. The lowest BCUT2D eigenvalue weighted by Gasteiger charge is -2.28. The third kappa shape index (κ3) is 6.09. The normalized spacial score (nSPS) is 15.7. The van der Waals surface area contributed by atoms with Crippen LogP contribution >= 0.6 is 0 Å². The molecule has 0 bridgehead atoms. The Hall–Kier alpha value is -2.33. The van der Waals surface area contributed by atoms with Gasteiger partial charge in [-0.2, -0.15) is 0 Å². The van der Waals surface area contributed by atoms with E-state index in [0.29, 0.717) is 6.54 Å². The van der Waals surface area contributed by atoms with Crippen LogP contribution in [0.2, 0.25) is 0 Å². The van der Waals surface area contributed by atoms with Crippen LogP contribution in [-0.4, -0.2) is 37.0 Å². The minimum Gasteiger partial charge on any atom is -0.484 e. The van der Waals surface area contributed by atoms with Gasteiger partial charge in [0.1, 0.15) is 5.75 Å². The molecule has 1 fully saturated rings. The standard InChI is InChI=1S/C26H36N2O2/c1-5-20-8-10-21(11-9-20)24(28-16-6-7-17-28)18-27-25(29)19-30-23-14-12-22(13-15-23)26(2,3)4/h8-15,24H,5-7,16-19H2,1-4H3,(H,27,29). The van der Waals surface area contributed by atoms with Crippen molar-refractivity contribution < 1.29 is 9.53 Å². The Morgan fingerprint density at radius 2 is 1.67 bits per heavy atom. The molecule has 1 atom stereocenters. The third-order valence-electron chi connectivity index (χ3n) is 5.94. The maximum atomic E-state index is 12.4. The average molecular weight is 409 g/mol. The van der Waals surface area contributed by atoms with Crippen molar-refractivity contribution in [3.05, 3.63) is 65.2 Å². The van der Waals surface area contributed by atoms with Crippen molar-refractivity contribution in [3.63, 3.8) is 0 Å². The van der Waals surface area contributed by atoms with E-state index in [1.54, 1.807) is 0 Å². The van der Waals surface area contributed by atoms with Crippen molar-refractivity contribution in [3.8, 4) is 5.75 Å². The molecule has 4 nitrogen and oxygen atoms in total. The van der Waals surface area contributed by atoms with Gasteiger partial charge in [0, 0.05) is 6.54 Å². The quantitative estimate of drug-likeness (QED) is 0.677. The Kier molecular flexibility index (Phi) is 7.54. The molecule has 0 saturated carbocycles. The number of carbonyl (C=O) groups excluding carboxylic acids is 1. The number of ether oxygens (including phenoxy) is 1. The Labute approximate surface area is 181 Å². The molecule has 1 heterocycles. The van der Waals surface area contributed by atoms with Gasteiger partial charge in [-0.3, -0.25) is 9.69 Å². The molecule has 1 saturated heterocycles. The van der Waals surface area contributed by atoms with Crippen LogP contribution in [0.15, 0.2) is 48.5 Å². The fraction of sp³-hybridized carbons (Fsp3) is 0.500. The molecular weight excluding hydrogens is 372 g/mol. The molecular formula is C26H36N2O2. The Morgan fingerprint density at radius 1 is 1.03 bits per heavy atom. The molecule has 4 heteroatoms. The predicted molar refractivity (Wildman–Crippen MR) is 123 cm³/mol. The molecule has 1 N–H and O–H groups in total. The van der Waals surface area contributed by atoms with E-state index >= 15 is 0 Å². The third-order valence-corrected chi connectivity index (χ3v) is 5.94. The molecule has 1 unspecified atom stereocenters. The second kappa shape index (κ2) is 10.1. The maximum Gasteiger partial charge on any atom is 0.258 e. The van der Waals surface area contributed by atoms with Gasteiger partial charge in [-0.05, 0) is 66.6 Å². The highest BCUT2D eigenvalue weighted by Gasteiger charge is 2.24. The van der Waals surface area contributed by atoms with E-state index in [1.165, 1.54) is 29.5 Å². The van der Waals surface area contributed by atoms with Gasteiger partial charge in [-0.25, -0.2) is 0 Å². The van der Waals surface area contributed by atoms with Crippen LogP contribution in [0.3, 0.4) is 0 Å². The summed E-state index contributed by atoms with van der Waals surface area (Å²) in [5.41, 5.74) is 3.97. The molecule has 30 heavy (non-hydrogen) atoms. The molecule has 3 rings (SSSR count). The van der Waals surface area contributed by atoms with Crippen LogP contribution in [0.4, 0.5) is 0 Å². The number of nitrogens with one attached hydrogen (secondary N) is 1. The predicted octanol–water partition coefficient (Wildman–Crippen LogP) is 4.88. The fourth-order valence-electron chi connectivity index (χ4n) is 3.95. The molecule has 0 aromatic heterocycles. The van der Waals surface area contributed by atoms with Crippen molar-refractivity contribution in [1.82, 2.24) is 10.2 Å². The van der Waals surface area contributed by atoms with Crippen molar-refractivity contribution in [2.45, 2.75) is 58.4 Å². The molecule has 0 aliphatic carbocycles. The van der Waals surface area contributed by atoms with Crippen LogP contribution in [0, 0.1) is 0 Å².